The molecule has 0 radical (unpaired) electrons. The van der Waals surface area contributed by atoms with E-state index in [4.69, 9.17) is 33.6 Å². The van der Waals surface area contributed by atoms with Crippen LogP contribution in [0.15, 0.2) is 0 Å². The third-order valence-electron chi connectivity index (χ3n) is 6.54. The van der Waals surface area contributed by atoms with Crippen molar-refractivity contribution in [3.63, 3.8) is 0 Å². The minimum Gasteiger partial charge on any atom is -0.343 e. The Hall–Kier alpha value is -0.860. The number of rotatable bonds is 15. The van der Waals surface area contributed by atoms with Crippen molar-refractivity contribution in [2.24, 2.45) is 5.73 Å². The standard InChI is InChI=1S/C24H44N2O9S/c1-22(2)32-18-16-30-24(21(20(18)33-22)34-23(3,4)35-24)17-31-36(28,29)26-19(27)14-12-10-8-6-5-7-9-11-13-15-25/h18,20-21H,5-17,25H2,1-4H3,(H,26,27)/t18-,20-,21+,24+/m1/s1. The smallest absolute Gasteiger partial charge is 0.343 e. The van der Waals surface area contributed by atoms with E-state index in [9.17, 15) is 13.2 Å². The SMILES string of the molecule is CC1(C)O[C@@H]2[C@@H](CO[C@@]3(COS(=O)(=O)NC(=O)CCCCCCCCCCCN)OC(C)(C)O[C@@H]23)O1. The van der Waals surface area contributed by atoms with Gasteiger partial charge in [-0.3, -0.25) is 4.79 Å². The van der Waals surface area contributed by atoms with Crippen molar-refractivity contribution in [1.29, 1.82) is 0 Å². The lowest BCUT2D eigenvalue weighted by atomic mass is 9.98. The summed E-state index contributed by atoms with van der Waals surface area (Å²) in [5, 5.41) is 0. The molecule has 0 bridgehead atoms. The van der Waals surface area contributed by atoms with Gasteiger partial charge in [0.05, 0.1) is 6.61 Å². The molecule has 0 unspecified atom stereocenters. The van der Waals surface area contributed by atoms with E-state index in [1.807, 2.05) is 4.72 Å². The highest BCUT2D eigenvalue weighted by atomic mass is 32.2. The zero-order valence-corrected chi connectivity index (χ0v) is 22.9. The first kappa shape index (κ1) is 29.7. The average molecular weight is 537 g/mol. The molecule has 3 aliphatic rings. The number of carbonyl (C=O) groups is 1. The van der Waals surface area contributed by atoms with Crippen molar-refractivity contribution in [1.82, 2.24) is 4.72 Å². The van der Waals surface area contributed by atoms with Gasteiger partial charge in [0, 0.05) is 6.42 Å². The third-order valence-corrected chi connectivity index (χ3v) is 7.44. The highest BCUT2D eigenvalue weighted by Crippen LogP contribution is 2.47. The highest BCUT2D eigenvalue weighted by Gasteiger charge is 2.65. The zero-order chi connectivity index (χ0) is 26.5. The molecule has 4 atom stereocenters. The average Bonchev–Trinajstić information content (AvgIpc) is 3.24. The molecule has 36 heavy (non-hydrogen) atoms. The van der Waals surface area contributed by atoms with E-state index in [-0.39, 0.29) is 19.1 Å². The van der Waals surface area contributed by atoms with Gasteiger partial charge < -0.3 is 29.4 Å². The molecule has 3 aliphatic heterocycles. The number of hydrogen-bond acceptors (Lipinski definition) is 10. The second kappa shape index (κ2) is 12.3. The van der Waals surface area contributed by atoms with Crippen LogP contribution in [0.3, 0.4) is 0 Å². The molecule has 3 N–H and O–H groups in total. The summed E-state index contributed by atoms with van der Waals surface area (Å²) in [6.45, 7) is 7.34. The Morgan fingerprint density at radius 2 is 1.53 bits per heavy atom. The van der Waals surface area contributed by atoms with Crippen LogP contribution in [0.1, 0.15) is 91.9 Å². The van der Waals surface area contributed by atoms with Crippen LogP contribution in [0, 0.1) is 0 Å². The Bertz CT molecular complexity index is 835. The maximum absolute atomic E-state index is 12.5. The third kappa shape index (κ3) is 8.32. The highest BCUT2D eigenvalue weighted by molar-refractivity contribution is 7.85. The Morgan fingerprint density at radius 1 is 0.917 bits per heavy atom. The molecule has 3 fully saturated rings. The van der Waals surface area contributed by atoms with E-state index in [1.165, 1.54) is 25.7 Å². The van der Waals surface area contributed by atoms with Gasteiger partial charge >= 0.3 is 10.3 Å². The number of amides is 1. The van der Waals surface area contributed by atoms with Crippen LogP contribution >= 0.6 is 0 Å². The zero-order valence-electron chi connectivity index (χ0n) is 22.1. The van der Waals surface area contributed by atoms with Gasteiger partial charge in [-0.05, 0) is 47.1 Å². The fourth-order valence-corrected chi connectivity index (χ4v) is 5.75. The molecule has 12 heteroatoms. The van der Waals surface area contributed by atoms with Gasteiger partial charge in [-0.25, -0.2) is 8.91 Å². The van der Waals surface area contributed by atoms with Crippen LogP contribution in [0.5, 0.6) is 0 Å². The Morgan fingerprint density at radius 3 is 2.17 bits per heavy atom. The second-order valence-corrected chi connectivity index (χ2v) is 12.1. The van der Waals surface area contributed by atoms with Gasteiger partial charge in [0.15, 0.2) is 11.6 Å². The lowest BCUT2D eigenvalue weighted by Gasteiger charge is -2.40. The summed E-state index contributed by atoms with van der Waals surface area (Å²) in [5.74, 6) is -4.02. The molecule has 3 saturated heterocycles. The Balaban J connectivity index is 1.41. The van der Waals surface area contributed by atoms with Crippen molar-refractivity contribution in [2.45, 2.75) is 128 Å². The Labute approximate surface area is 215 Å². The van der Waals surface area contributed by atoms with E-state index >= 15 is 0 Å². The second-order valence-electron chi connectivity index (χ2n) is 10.8. The van der Waals surface area contributed by atoms with Crippen LogP contribution in [0.4, 0.5) is 0 Å². The fourth-order valence-electron chi connectivity index (χ4n) is 4.99. The molecule has 3 rings (SSSR count). The Kier molecular flexibility index (Phi) is 10.2. The maximum Gasteiger partial charge on any atom is 0.362 e. The first-order chi connectivity index (χ1) is 16.9. The summed E-state index contributed by atoms with van der Waals surface area (Å²) in [4.78, 5) is 12.2. The number of unbranched alkanes of at least 4 members (excludes halogenated alkanes) is 8. The van der Waals surface area contributed by atoms with Crippen molar-refractivity contribution in [3.05, 3.63) is 0 Å². The van der Waals surface area contributed by atoms with Gasteiger partial charge in [0.2, 0.25) is 11.7 Å². The summed E-state index contributed by atoms with van der Waals surface area (Å²) in [6, 6.07) is 0. The van der Waals surface area contributed by atoms with E-state index in [2.05, 4.69) is 0 Å². The summed E-state index contributed by atoms with van der Waals surface area (Å²) in [7, 11) is -4.36. The monoisotopic (exact) mass is 536 g/mol. The number of fused-ring (bicyclic) bond motifs is 3. The number of nitrogens with one attached hydrogen (secondary N) is 1. The largest absolute Gasteiger partial charge is 0.362 e. The number of carbonyl (C=O) groups excluding carboxylic acids is 1. The predicted molar refractivity (Wildman–Crippen MR) is 131 cm³/mol. The maximum atomic E-state index is 12.5. The molecule has 0 aliphatic carbocycles. The minimum absolute atomic E-state index is 0.111. The summed E-state index contributed by atoms with van der Waals surface area (Å²) < 4.78 is 61.8. The molecule has 0 saturated carbocycles. The van der Waals surface area contributed by atoms with Gasteiger partial charge in [-0.15, -0.1) is 0 Å². The van der Waals surface area contributed by atoms with E-state index in [0.29, 0.717) is 6.42 Å². The first-order valence-corrected chi connectivity index (χ1v) is 14.6. The molecule has 210 valence electrons. The van der Waals surface area contributed by atoms with Crippen molar-refractivity contribution >= 4 is 16.2 Å². The molecule has 0 spiro atoms. The number of ether oxygens (including phenoxy) is 5. The van der Waals surface area contributed by atoms with Crippen molar-refractivity contribution < 1.29 is 41.1 Å². The number of nitrogens with two attached hydrogens (primary N) is 1. The molecule has 0 aromatic rings. The topological polar surface area (TPSA) is 145 Å². The summed E-state index contributed by atoms with van der Waals surface area (Å²) in [6.07, 6.45) is 7.88. The first-order valence-electron chi connectivity index (χ1n) is 13.1. The normalized spacial score (nSPS) is 30.6. The van der Waals surface area contributed by atoms with Crippen LogP contribution in [-0.2, 0) is 43.0 Å². The van der Waals surface area contributed by atoms with Gasteiger partial charge in [-0.1, -0.05) is 44.9 Å². The molecule has 0 aromatic carbocycles. The minimum atomic E-state index is -4.36. The number of hydrogen-bond donors (Lipinski definition) is 2. The summed E-state index contributed by atoms with van der Waals surface area (Å²) >= 11 is 0. The molecular weight excluding hydrogens is 492 g/mol. The van der Waals surface area contributed by atoms with E-state index < -0.39 is 52.4 Å². The lowest BCUT2D eigenvalue weighted by Crippen LogP contribution is -2.60. The van der Waals surface area contributed by atoms with Crippen LogP contribution in [-0.4, -0.2) is 69.8 Å². The summed E-state index contributed by atoms with van der Waals surface area (Å²) in [5.41, 5.74) is 5.49. The molecule has 1 amide bonds. The van der Waals surface area contributed by atoms with Gasteiger partial charge in [0.25, 0.3) is 0 Å². The fraction of sp³-hybridized carbons (Fsp3) is 0.958. The van der Waals surface area contributed by atoms with Crippen LogP contribution in [0.25, 0.3) is 0 Å². The van der Waals surface area contributed by atoms with Crippen molar-refractivity contribution in [2.75, 3.05) is 19.8 Å². The van der Waals surface area contributed by atoms with Crippen LogP contribution in [0.2, 0.25) is 0 Å². The molecular formula is C24H44N2O9S. The molecule has 11 nitrogen and oxygen atoms in total. The van der Waals surface area contributed by atoms with E-state index in [1.54, 1.807) is 27.7 Å². The van der Waals surface area contributed by atoms with E-state index in [0.717, 1.165) is 32.2 Å². The quantitative estimate of drug-likeness (QED) is 0.300. The van der Waals surface area contributed by atoms with Crippen molar-refractivity contribution in [3.8, 4) is 0 Å². The molecule has 0 aromatic heterocycles. The lowest BCUT2D eigenvalue weighted by molar-refractivity contribution is -0.290. The van der Waals surface area contributed by atoms with Crippen LogP contribution < -0.4 is 10.5 Å². The molecule has 3 heterocycles. The van der Waals surface area contributed by atoms with Gasteiger partial charge in [-0.2, -0.15) is 8.42 Å². The van der Waals surface area contributed by atoms with Gasteiger partial charge in [0.1, 0.15) is 24.9 Å². The predicted octanol–water partition coefficient (Wildman–Crippen LogP) is 2.62.